The fraction of sp³-hybridized carbons (Fsp3) is 0.333. The summed E-state index contributed by atoms with van der Waals surface area (Å²) in [5.74, 6) is 0.796. The van der Waals surface area contributed by atoms with Crippen LogP contribution in [-0.2, 0) is 6.54 Å². The van der Waals surface area contributed by atoms with Gasteiger partial charge in [-0.2, -0.15) is 0 Å². The third-order valence-electron chi connectivity index (χ3n) is 2.83. The first-order chi connectivity index (χ1) is 9.20. The van der Waals surface area contributed by atoms with Crippen molar-refractivity contribution >= 4 is 16.7 Å². The summed E-state index contributed by atoms with van der Waals surface area (Å²) >= 11 is 0. The van der Waals surface area contributed by atoms with E-state index in [0.29, 0.717) is 12.6 Å². The minimum Gasteiger partial charge on any atom is -0.354 e. The summed E-state index contributed by atoms with van der Waals surface area (Å²) in [6.07, 6.45) is 1.85. The molecule has 0 aliphatic rings. The maximum absolute atomic E-state index is 4.45. The molecule has 2 rings (SSSR count). The molecule has 4 nitrogen and oxygen atoms in total. The van der Waals surface area contributed by atoms with Gasteiger partial charge in [0.15, 0.2) is 5.96 Å². The molecule has 19 heavy (non-hydrogen) atoms. The molecule has 0 unspecified atom stereocenters. The molecule has 0 bridgehead atoms. The lowest BCUT2D eigenvalue weighted by Gasteiger charge is -2.14. The van der Waals surface area contributed by atoms with Crippen LogP contribution in [0, 0.1) is 0 Å². The summed E-state index contributed by atoms with van der Waals surface area (Å²) in [5, 5.41) is 8.93. The van der Waals surface area contributed by atoms with E-state index in [9.17, 15) is 0 Å². The number of aliphatic imine (C=N–C) groups is 1. The van der Waals surface area contributed by atoms with Crippen LogP contribution >= 0.6 is 0 Å². The summed E-state index contributed by atoms with van der Waals surface area (Å²) in [6.45, 7) is 4.83. The number of benzene rings is 1. The Kier molecular flexibility index (Phi) is 4.34. The average Bonchev–Trinajstić information content (AvgIpc) is 2.43. The van der Waals surface area contributed by atoms with E-state index in [1.807, 2.05) is 24.4 Å². The van der Waals surface area contributed by atoms with Crippen molar-refractivity contribution in [2.24, 2.45) is 4.99 Å². The number of guanidine groups is 1. The van der Waals surface area contributed by atoms with Crippen molar-refractivity contribution < 1.29 is 0 Å². The second-order valence-corrected chi connectivity index (χ2v) is 4.70. The maximum atomic E-state index is 4.45. The van der Waals surface area contributed by atoms with Crippen LogP contribution in [0.25, 0.3) is 10.8 Å². The number of hydrogen-bond acceptors (Lipinski definition) is 2. The largest absolute Gasteiger partial charge is 0.354 e. The molecule has 0 aliphatic carbocycles. The quantitative estimate of drug-likeness (QED) is 0.654. The molecule has 0 saturated carbocycles. The standard InChI is InChI=1S/C15H20N4/c1-11(2)19-15(16-3)18-10-14-13-7-5-4-6-12(13)8-9-17-14/h4-9,11H,10H2,1-3H3,(H2,16,18,19). The van der Waals surface area contributed by atoms with Crippen LogP contribution < -0.4 is 10.6 Å². The number of nitrogens with zero attached hydrogens (tertiary/aromatic N) is 2. The topological polar surface area (TPSA) is 49.3 Å². The molecule has 100 valence electrons. The molecule has 1 aromatic carbocycles. The van der Waals surface area contributed by atoms with E-state index in [2.05, 4.69) is 46.6 Å². The number of hydrogen-bond donors (Lipinski definition) is 2. The Morgan fingerprint density at radius 2 is 2.05 bits per heavy atom. The van der Waals surface area contributed by atoms with Gasteiger partial charge in [-0.05, 0) is 25.3 Å². The second kappa shape index (κ2) is 6.18. The zero-order chi connectivity index (χ0) is 13.7. The van der Waals surface area contributed by atoms with Crippen LogP contribution in [0.4, 0.5) is 0 Å². The van der Waals surface area contributed by atoms with Crippen LogP contribution in [0.5, 0.6) is 0 Å². The Morgan fingerprint density at radius 1 is 1.26 bits per heavy atom. The van der Waals surface area contributed by atoms with E-state index >= 15 is 0 Å². The number of fused-ring (bicyclic) bond motifs is 1. The first kappa shape index (κ1) is 13.3. The van der Waals surface area contributed by atoms with Crippen molar-refractivity contribution in [3.8, 4) is 0 Å². The highest BCUT2D eigenvalue weighted by atomic mass is 15.2. The van der Waals surface area contributed by atoms with Gasteiger partial charge in [0, 0.05) is 24.7 Å². The SMILES string of the molecule is CN=C(NCc1nccc2ccccc12)NC(C)C. The van der Waals surface area contributed by atoms with Gasteiger partial charge in [0.1, 0.15) is 0 Å². The Bertz CT molecular complexity index is 570. The predicted molar refractivity (Wildman–Crippen MR) is 80.2 cm³/mol. The molecule has 0 spiro atoms. The Morgan fingerprint density at radius 3 is 2.79 bits per heavy atom. The van der Waals surface area contributed by atoms with Gasteiger partial charge >= 0.3 is 0 Å². The van der Waals surface area contributed by atoms with Gasteiger partial charge in [0.25, 0.3) is 0 Å². The third-order valence-corrected chi connectivity index (χ3v) is 2.83. The van der Waals surface area contributed by atoms with Crippen molar-refractivity contribution in [3.63, 3.8) is 0 Å². The minimum atomic E-state index is 0.353. The average molecular weight is 256 g/mol. The summed E-state index contributed by atoms with van der Waals surface area (Å²) < 4.78 is 0. The Balaban J connectivity index is 2.13. The van der Waals surface area contributed by atoms with E-state index in [1.165, 1.54) is 10.8 Å². The molecule has 1 aromatic heterocycles. The lowest BCUT2D eigenvalue weighted by Crippen LogP contribution is -2.40. The lowest BCUT2D eigenvalue weighted by molar-refractivity contribution is 0.697. The zero-order valence-electron chi connectivity index (χ0n) is 11.6. The molecule has 1 heterocycles. The molecule has 0 aliphatic heterocycles. The monoisotopic (exact) mass is 256 g/mol. The van der Waals surface area contributed by atoms with Gasteiger partial charge < -0.3 is 10.6 Å². The lowest BCUT2D eigenvalue weighted by atomic mass is 10.1. The fourth-order valence-electron chi connectivity index (χ4n) is 1.96. The van der Waals surface area contributed by atoms with Gasteiger partial charge in [0.05, 0.1) is 12.2 Å². The molecule has 0 amide bonds. The first-order valence-electron chi connectivity index (χ1n) is 6.50. The van der Waals surface area contributed by atoms with E-state index in [4.69, 9.17) is 0 Å². The Labute approximate surface area is 114 Å². The number of rotatable bonds is 3. The fourth-order valence-corrected chi connectivity index (χ4v) is 1.96. The summed E-state index contributed by atoms with van der Waals surface area (Å²) in [5.41, 5.74) is 1.03. The van der Waals surface area contributed by atoms with Gasteiger partial charge in [-0.25, -0.2) is 0 Å². The highest BCUT2D eigenvalue weighted by Gasteiger charge is 2.04. The molecule has 2 aromatic rings. The summed E-state index contributed by atoms with van der Waals surface area (Å²) in [7, 11) is 1.77. The van der Waals surface area contributed by atoms with Gasteiger partial charge in [-0.15, -0.1) is 0 Å². The van der Waals surface area contributed by atoms with E-state index in [-0.39, 0.29) is 0 Å². The van der Waals surface area contributed by atoms with Gasteiger partial charge in [0.2, 0.25) is 0 Å². The number of pyridine rings is 1. The highest BCUT2D eigenvalue weighted by molar-refractivity contribution is 5.85. The summed E-state index contributed by atoms with van der Waals surface area (Å²) in [4.78, 5) is 8.64. The van der Waals surface area contributed by atoms with Crippen LogP contribution in [0.3, 0.4) is 0 Å². The van der Waals surface area contributed by atoms with E-state index < -0.39 is 0 Å². The van der Waals surface area contributed by atoms with Crippen LogP contribution in [0.2, 0.25) is 0 Å². The maximum Gasteiger partial charge on any atom is 0.191 e. The number of aromatic nitrogens is 1. The normalized spacial score (nSPS) is 11.9. The van der Waals surface area contributed by atoms with Crippen LogP contribution in [0.15, 0.2) is 41.5 Å². The molecular weight excluding hydrogens is 236 g/mol. The third kappa shape index (κ3) is 3.44. The van der Waals surface area contributed by atoms with Gasteiger partial charge in [-0.1, -0.05) is 24.3 Å². The Hall–Kier alpha value is -2.10. The van der Waals surface area contributed by atoms with Crippen molar-refractivity contribution in [1.29, 1.82) is 0 Å². The number of nitrogens with one attached hydrogen (secondary N) is 2. The van der Waals surface area contributed by atoms with Crippen molar-refractivity contribution in [2.75, 3.05) is 7.05 Å². The molecule has 0 fully saturated rings. The van der Waals surface area contributed by atoms with E-state index in [1.54, 1.807) is 7.05 Å². The molecule has 0 saturated heterocycles. The molecule has 0 radical (unpaired) electrons. The van der Waals surface area contributed by atoms with Gasteiger partial charge in [-0.3, -0.25) is 9.98 Å². The van der Waals surface area contributed by atoms with Crippen molar-refractivity contribution in [3.05, 3.63) is 42.2 Å². The molecule has 2 N–H and O–H groups in total. The van der Waals surface area contributed by atoms with Crippen LogP contribution in [-0.4, -0.2) is 24.0 Å². The second-order valence-electron chi connectivity index (χ2n) is 4.70. The van der Waals surface area contributed by atoms with E-state index in [0.717, 1.165) is 11.7 Å². The molecular formula is C15H20N4. The molecule has 4 heteroatoms. The smallest absolute Gasteiger partial charge is 0.191 e. The summed E-state index contributed by atoms with van der Waals surface area (Å²) in [6, 6.07) is 10.7. The minimum absolute atomic E-state index is 0.353. The zero-order valence-corrected chi connectivity index (χ0v) is 11.6. The van der Waals surface area contributed by atoms with Crippen LogP contribution in [0.1, 0.15) is 19.5 Å². The molecule has 0 atom stereocenters. The first-order valence-corrected chi connectivity index (χ1v) is 6.50. The highest BCUT2D eigenvalue weighted by Crippen LogP contribution is 2.15. The van der Waals surface area contributed by atoms with Crippen molar-refractivity contribution in [1.82, 2.24) is 15.6 Å². The van der Waals surface area contributed by atoms with Crippen molar-refractivity contribution in [2.45, 2.75) is 26.4 Å². The predicted octanol–water partition coefficient (Wildman–Crippen LogP) is 2.31.